The molecule has 21 heavy (non-hydrogen) atoms. The number of hydrogen-bond donors (Lipinski definition) is 1. The summed E-state index contributed by atoms with van der Waals surface area (Å²) in [5, 5.41) is 8.07. The highest BCUT2D eigenvalue weighted by atomic mass is 15.4. The summed E-state index contributed by atoms with van der Waals surface area (Å²) in [7, 11) is 0. The molecule has 3 atom stereocenters. The SMILES string of the molecule is CCC(C)C1CN(Cc2ncnn2CC(C)C)C(C)CN1. The fourth-order valence-corrected chi connectivity index (χ4v) is 2.92. The van der Waals surface area contributed by atoms with Crippen molar-refractivity contribution in [2.75, 3.05) is 13.1 Å². The van der Waals surface area contributed by atoms with Gasteiger partial charge in [0.2, 0.25) is 0 Å². The normalized spacial score (nSPS) is 25.4. The third kappa shape index (κ3) is 4.27. The predicted octanol–water partition coefficient (Wildman–Crippen LogP) is 2.14. The molecule has 1 aromatic rings. The van der Waals surface area contributed by atoms with Crippen molar-refractivity contribution < 1.29 is 0 Å². The summed E-state index contributed by atoms with van der Waals surface area (Å²) in [6, 6.07) is 1.14. The average molecular weight is 293 g/mol. The molecule has 0 amide bonds. The van der Waals surface area contributed by atoms with E-state index in [4.69, 9.17) is 0 Å². The Morgan fingerprint density at radius 2 is 2.14 bits per heavy atom. The summed E-state index contributed by atoms with van der Waals surface area (Å²) in [4.78, 5) is 7.03. The van der Waals surface area contributed by atoms with Gasteiger partial charge in [-0.3, -0.25) is 4.90 Å². The van der Waals surface area contributed by atoms with Crippen LogP contribution in [0.2, 0.25) is 0 Å². The maximum absolute atomic E-state index is 4.48. The topological polar surface area (TPSA) is 46.0 Å². The van der Waals surface area contributed by atoms with Gasteiger partial charge in [0, 0.05) is 31.7 Å². The second-order valence-corrected chi connectivity index (χ2v) is 6.93. The molecule has 0 aromatic carbocycles. The Morgan fingerprint density at radius 1 is 1.38 bits per heavy atom. The van der Waals surface area contributed by atoms with E-state index in [9.17, 15) is 0 Å². The monoisotopic (exact) mass is 293 g/mol. The van der Waals surface area contributed by atoms with Crippen molar-refractivity contribution in [2.24, 2.45) is 11.8 Å². The molecular weight excluding hydrogens is 262 g/mol. The Balaban J connectivity index is 2.01. The van der Waals surface area contributed by atoms with E-state index in [1.165, 1.54) is 6.42 Å². The molecule has 2 rings (SSSR count). The minimum atomic E-state index is 0.550. The van der Waals surface area contributed by atoms with Gasteiger partial charge in [-0.25, -0.2) is 9.67 Å². The first-order valence-corrected chi connectivity index (χ1v) is 8.35. The van der Waals surface area contributed by atoms with Crippen molar-refractivity contribution in [1.29, 1.82) is 0 Å². The molecule has 0 aliphatic carbocycles. The molecule has 0 bridgehead atoms. The van der Waals surface area contributed by atoms with Gasteiger partial charge in [0.1, 0.15) is 12.2 Å². The van der Waals surface area contributed by atoms with Crippen LogP contribution < -0.4 is 5.32 Å². The Labute approximate surface area is 129 Å². The molecule has 5 nitrogen and oxygen atoms in total. The van der Waals surface area contributed by atoms with E-state index in [1.54, 1.807) is 6.33 Å². The van der Waals surface area contributed by atoms with E-state index in [-0.39, 0.29) is 0 Å². The number of hydrogen-bond acceptors (Lipinski definition) is 4. The molecule has 1 saturated heterocycles. The van der Waals surface area contributed by atoms with Gasteiger partial charge in [-0.15, -0.1) is 0 Å². The smallest absolute Gasteiger partial charge is 0.141 e. The summed E-state index contributed by atoms with van der Waals surface area (Å²) in [6.07, 6.45) is 2.92. The number of aromatic nitrogens is 3. The molecule has 0 saturated carbocycles. The van der Waals surface area contributed by atoms with Crippen molar-refractivity contribution in [1.82, 2.24) is 25.0 Å². The van der Waals surface area contributed by atoms with Crippen LogP contribution in [0.5, 0.6) is 0 Å². The maximum Gasteiger partial charge on any atom is 0.141 e. The lowest BCUT2D eigenvalue weighted by atomic mass is 9.96. The van der Waals surface area contributed by atoms with Gasteiger partial charge in [-0.2, -0.15) is 5.10 Å². The number of nitrogens with one attached hydrogen (secondary N) is 1. The fraction of sp³-hybridized carbons (Fsp3) is 0.875. The van der Waals surface area contributed by atoms with Gasteiger partial charge in [0.15, 0.2) is 0 Å². The lowest BCUT2D eigenvalue weighted by Gasteiger charge is -2.40. The Morgan fingerprint density at radius 3 is 2.81 bits per heavy atom. The highest BCUT2D eigenvalue weighted by Gasteiger charge is 2.28. The zero-order valence-corrected chi connectivity index (χ0v) is 14.2. The first kappa shape index (κ1) is 16.4. The molecule has 0 radical (unpaired) electrons. The first-order valence-electron chi connectivity index (χ1n) is 8.35. The van der Waals surface area contributed by atoms with Gasteiger partial charge < -0.3 is 5.32 Å². The van der Waals surface area contributed by atoms with Crippen molar-refractivity contribution >= 4 is 0 Å². The molecule has 5 heteroatoms. The van der Waals surface area contributed by atoms with Crippen LogP contribution in [0.15, 0.2) is 6.33 Å². The van der Waals surface area contributed by atoms with E-state index < -0.39 is 0 Å². The highest BCUT2D eigenvalue weighted by Crippen LogP contribution is 2.17. The van der Waals surface area contributed by atoms with Crippen LogP contribution in [0, 0.1) is 11.8 Å². The molecule has 1 aliphatic heterocycles. The Hall–Kier alpha value is -0.940. The Bertz CT molecular complexity index is 428. The minimum absolute atomic E-state index is 0.550. The third-order valence-corrected chi connectivity index (χ3v) is 4.64. The lowest BCUT2D eigenvalue weighted by Crippen LogP contribution is -2.57. The third-order valence-electron chi connectivity index (χ3n) is 4.64. The molecule has 0 spiro atoms. The largest absolute Gasteiger partial charge is 0.311 e. The van der Waals surface area contributed by atoms with Crippen LogP contribution in [0.4, 0.5) is 0 Å². The summed E-state index contributed by atoms with van der Waals surface area (Å²) < 4.78 is 2.07. The predicted molar refractivity (Wildman–Crippen MR) is 86.0 cm³/mol. The van der Waals surface area contributed by atoms with Crippen LogP contribution in [0.3, 0.4) is 0 Å². The Kier molecular flexibility index (Phi) is 5.76. The molecule has 1 aliphatic rings. The second-order valence-electron chi connectivity index (χ2n) is 6.93. The van der Waals surface area contributed by atoms with E-state index in [1.807, 2.05) is 0 Å². The van der Waals surface area contributed by atoms with E-state index >= 15 is 0 Å². The highest BCUT2D eigenvalue weighted by molar-refractivity contribution is 4.92. The average Bonchev–Trinajstić information content (AvgIpc) is 2.86. The molecule has 1 aromatic heterocycles. The molecule has 2 heterocycles. The first-order chi connectivity index (χ1) is 10.0. The van der Waals surface area contributed by atoms with Gasteiger partial charge >= 0.3 is 0 Å². The van der Waals surface area contributed by atoms with Gasteiger partial charge in [-0.1, -0.05) is 34.1 Å². The molecular formula is C16H31N5. The van der Waals surface area contributed by atoms with Crippen LogP contribution >= 0.6 is 0 Å². The lowest BCUT2D eigenvalue weighted by molar-refractivity contribution is 0.107. The van der Waals surface area contributed by atoms with Crippen molar-refractivity contribution in [3.8, 4) is 0 Å². The van der Waals surface area contributed by atoms with Crippen LogP contribution in [0.25, 0.3) is 0 Å². The zero-order valence-electron chi connectivity index (χ0n) is 14.2. The van der Waals surface area contributed by atoms with E-state index in [0.717, 1.165) is 32.0 Å². The fourth-order valence-electron chi connectivity index (χ4n) is 2.92. The van der Waals surface area contributed by atoms with Crippen molar-refractivity contribution in [2.45, 2.75) is 66.2 Å². The summed E-state index contributed by atoms with van der Waals surface area (Å²) in [5.74, 6) is 2.41. The molecule has 3 unspecified atom stereocenters. The van der Waals surface area contributed by atoms with Gasteiger partial charge in [0.05, 0.1) is 6.54 Å². The molecule has 1 fully saturated rings. The number of rotatable bonds is 6. The van der Waals surface area contributed by atoms with E-state index in [0.29, 0.717) is 23.9 Å². The minimum Gasteiger partial charge on any atom is -0.311 e. The molecule has 1 N–H and O–H groups in total. The maximum atomic E-state index is 4.48. The van der Waals surface area contributed by atoms with Crippen LogP contribution in [-0.4, -0.2) is 44.8 Å². The standard InChI is InChI=1S/C16H31N5/c1-6-13(4)15-9-20(14(5)7-17-15)10-16-18-11-19-21(16)8-12(2)3/h11-15,17H,6-10H2,1-5H3. The van der Waals surface area contributed by atoms with E-state index in [2.05, 4.69) is 59.6 Å². The summed E-state index contributed by atoms with van der Waals surface area (Å²) in [6.45, 7) is 15.4. The molecule has 120 valence electrons. The zero-order chi connectivity index (χ0) is 15.4. The van der Waals surface area contributed by atoms with Gasteiger partial charge in [-0.05, 0) is 18.8 Å². The van der Waals surface area contributed by atoms with Gasteiger partial charge in [0.25, 0.3) is 0 Å². The van der Waals surface area contributed by atoms with Crippen LogP contribution in [0.1, 0.15) is 46.9 Å². The number of piperazine rings is 1. The number of nitrogens with zero attached hydrogens (tertiary/aromatic N) is 4. The van der Waals surface area contributed by atoms with Crippen molar-refractivity contribution in [3.05, 3.63) is 12.2 Å². The second kappa shape index (κ2) is 7.36. The van der Waals surface area contributed by atoms with Crippen LogP contribution in [-0.2, 0) is 13.1 Å². The summed E-state index contributed by atoms with van der Waals surface area (Å²) >= 11 is 0. The van der Waals surface area contributed by atoms with Crippen molar-refractivity contribution in [3.63, 3.8) is 0 Å². The summed E-state index contributed by atoms with van der Waals surface area (Å²) in [5.41, 5.74) is 0. The quantitative estimate of drug-likeness (QED) is 0.873.